The van der Waals surface area contributed by atoms with Gasteiger partial charge in [-0.2, -0.15) is 0 Å². The van der Waals surface area contributed by atoms with Crippen LogP contribution in [0.5, 0.6) is 0 Å². The van der Waals surface area contributed by atoms with Gasteiger partial charge in [0.2, 0.25) is 0 Å². The monoisotopic (exact) mass is 336 g/mol. The predicted molar refractivity (Wildman–Crippen MR) is 98.9 cm³/mol. The molecule has 0 bridgehead atoms. The molecule has 0 saturated carbocycles. The second-order valence-corrected chi connectivity index (χ2v) is 6.41. The van der Waals surface area contributed by atoms with Gasteiger partial charge in [-0.25, -0.2) is 0 Å². The number of nitrogens with zero attached hydrogens (tertiary/aromatic N) is 2. The molecule has 1 aliphatic rings. The molecule has 0 spiro atoms. The van der Waals surface area contributed by atoms with Crippen LogP contribution in [-0.4, -0.2) is 54.2 Å². The third-order valence-electron chi connectivity index (χ3n) is 4.73. The summed E-state index contributed by atoms with van der Waals surface area (Å²) >= 11 is 0. The van der Waals surface area contributed by atoms with Gasteiger partial charge in [0.1, 0.15) is 0 Å². The summed E-state index contributed by atoms with van der Waals surface area (Å²) in [6, 6.07) is 17.2. The van der Waals surface area contributed by atoms with E-state index in [1.165, 1.54) is 5.56 Å². The highest BCUT2D eigenvalue weighted by atomic mass is 16.2. The summed E-state index contributed by atoms with van der Waals surface area (Å²) in [5.41, 5.74) is 2.73. The lowest BCUT2D eigenvalue weighted by Crippen LogP contribution is -2.49. The minimum atomic E-state index is 0.0710. The van der Waals surface area contributed by atoms with E-state index in [4.69, 9.17) is 0 Å². The molecular formula is C21H24N2O2. The van der Waals surface area contributed by atoms with Gasteiger partial charge in [-0.15, -0.1) is 0 Å². The van der Waals surface area contributed by atoms with Crippen molar-refractivity contribution in [2.75, 3.05) is 32.7 Å². The molecule has 3 rings (SSSR count). The van der Waals surface area contributed by atoms with Crippen LogP contribution in [0, 0.1) is 0 Å². The van der Waals surface area contributed by atoms with Gasteiger partial charge in [0.15, 0.2) is 5.78 Å². The van der Waals surface area contributed by atoms with Crippen molar-refractivity contribution in [3.05, 3.63) is 71.3 Å². The van der Waals surface area contributed by atoms with Crippen molar-refractivity contribution in [3.8, 4) is 0 Å². The Kier molecular flexibility index (Phi) is 5.61. The summed E-state index contributed by atoms with van der Waals surface area (Å²) in [6.07, 6.45) is 0.978. The number of carbonyl (C=O) groups excluding carboxylic acids is 2. The maximum Gasteiger partial charge on any atom is 0.253 e. The Morgan fingerprint density at radius 1 is 0.840 bits per heavy atom. The second-order valence-electron chi connectivity index (χ2n) is 6.41. The van der Waals surface area contributed by atoms with Crippen LogP contribution < -0.4 is 0 Å². The lowest BCUT2D eigenvalue weighted by Gasteiger charge is -2.34. The van der Waals surface area contributed by atoms with E-state index in [9.17, 15) is 9.59 Å². The first-order valence-electron chi connectivity index (χ1n) is 8.86. The number of ketones is 1. The highest BCUT2D eigenvalue weighted by Gasteiger charge is 2.23. The van der Waals surface area contributed by atoms with Crippen molar-refractivity contribution in [2.24, 2.45) is 0 Å². The van der Waals surface area contributed by atoms with Gasteiger partial charge < -0.3 is 4.90 Å². The maximum atomic E-state index is 12.5. The quantitative estimate of drug-likeness (QED) is 0.788. The Morgan fingerprint density at radius 3 is 2.08 bits per heavy atom. The Balaban J connectivity index is 1.52. The molecule has 4 heteroatoms. The van der Waals surface area contributed by atoms with Gasteiger partial charge >= 0.3 is 0 Å². The minimum Gasteiger partial charge on any atom is -0.336 e. The standard InChI is InChI=1S/C21H24N2O2/c1-2-17-8-10-18(11-9-17)20(24)16-22-12-14-23(15-13-22)21(25)19-6-4-3-5-7-19/h3-11H,2,12-16H2,1H3. The van der Waals surface area contributed by atoms with Crippen LogP contribution in [0.1, 0.15) is 33.2 Å². The van der Waals surface area contributed by atoms with Gasteiger partial charge in [0.25, 0.3) is 5.91 Å². The van der Waals surface area contributed by atoms with E-state index < -0.39 is 0 Å². The van der Waals surface area contributed by atoms with Crippen molar-refractivity contribution in [2.45, 2.75) is 13.3 Å². The lowest BCUT2D eigenvalue weighted by molar-refractivity contribution is 0.0624. The molecule has 130 valence electrons. The molecule has 0 radical (unpaired) electrons. The first kappa shape index (κ1) is 17.4. The fourth-order valence-electron chi connectivity index (χ4n) is 3.09. The number of rotatable bonds is 5. The van der Waals surface area contributed by atoms with E-state index in [-0.39, 0.29) is 11.7 Å². The zero-order valence-corrected chi connectivity index (χ0v) is 14.6. The number of piperazine rings is 1. The van der Waals surface area contributed by atoms with Crippen molar-refractivity contribution >= 4 is 11.7 Å². The number of Topliss-reactive ketones (excluding diaryl/α,β-unsaturated/α-hetero) is 1. The van der Waals surface area contributed by atoms with E-state index >= 15 is 0 Å². The molecule has 0 atom stereocenters. The fourth-order valence-corrected chi connectivity index (χ4v) is 3.09. The number of hydrogen-bond acceptors (Lipinski definition) is 3. The Morgan fingerprint density at radius 2 is 1.48 bits per heavy atom. The predicted octanol–water partition coefficient (Wildman–Crippen LogP) is 2.89. The normalized spacial score (nSPS) is 15.2. The van der Waals surface area contributed by atoms with Crippen molar-refractivity contribution in [3.63, 3.8) is 0 Å². The summed E-state index contributed by atoms with van der Waals surface area (Å²) in [4.78, 5) is 28.9. The molecule has 0 N–H and O–H groups in total. The van der Waals surface area contributed by atoms with E-state index in [2.05, 4.69) is 11.8 Å². The van der Waals surface area contributed by atoms with Gasteiger partial charge in [-0.1, -0.05) is 49.4 Å². The molecule has 0 unspecified atom stereocenters. The first-order valence-corrected chi connectivity index (χ1v) is 8.86. The Labute approximate surface area is 149 Å². The number of aryl methyl sites for hydroxylation is 1. The van der Waals surface area contributed by atoms with Crippen LogP contribution in [0.15, 0.2) is 54.6 Å². The largest absolute Gasteiger partial charge is 0.336 e. The molecule has 2 aromatic carbocycles. The van der Waals surface area contributed by atoms with Crippen LogP contribution in [0.25, 0.3) is 0 Å². The molecule has 4 nitrogen and oxygen atoms in total. The topological polar surface area (TPSA) is 40.6 Å². The summed E-state index contributed by atoms with van der Waals surface area (Å²) in [7, 11) is 0. The van der Waals surface area contributed by atoms with E-state index in [0.717, 1.165) is 30.6 Å². The SMILES string of the molecule is CCc1ccc(C(=O)CN2CCN(C(=O)c3ccccc3)CC2)cc1. The average molecular weight is 336 g/mol. The lowest BCUT2D eigenvalue weighted by atomic mass is 10.1. The van der Waals surface area contributed by atoms with Gasteiger partial charge in [0, 0.05) is 37.3 Å². The highest BCUT2D eigenvalue weighted by molar-refractivity contribution is 5.97. The molecule has 25 heavy (non-hydrogen) atoms. The summed E-state index contributed by atoms with van der Waals surface area (Å²) in [5, 5.41) is 0. The molecular weight excluding hydrogens is 312 g/mol. The molecule has 0 aromatic heterocycles. The molecule has 1 aliphatic heterocycles. The summed E-state index contributed by atoms with van der Waals surface area (Å²) < 4.78 is 0. The smallest absolute Gasteiger partial charge is 0.253 e. The van der Waals surface area contributed by atoms with E-state index in [1.54, 1.807) is 0 Å². The second kappa shape index (κ2) is 8.08. The number of benzene rings is 2. The summed E-state index contributed by atoms with van der Waals surface area (Å²) in [5.74, 6) is 0.215. The molecule has 1 heterocycles. The van der Waals surface area contributed by atoms with Crippen LogP contribution in [-0.2, 0) is 6.42 Å². The van der Waals surface area contributed by atoms with Crippen LogP contribution in [0.3, 0.4) is 0 Å². The fraction of sp³-hybridized carbons (Fsp3) is 0.333. The van der Waals surface area contributed by atoms with E-state index in [1.807, 2.05) is 59.5 Å². The number of amides is 1. The van der Waals surface area contributed by atoms with Crippen LogP contribution in [0.2, 0.25) is 0 Å². The van der Waals surface area contributed by atoms with Gasteiger partial charge in [0.05, 0.1) is 6.54 Å². The Hall–Kier alpha value is -2.46. The Bertz CT molecular complexity index is 717. The molecule has 1 fully saturated rings. The maximum absolute atomic E-state index is 12.5. The summed E-state index contributed by atoms with van der Waals surface area (Å²) in [6.45, 7) is 5.31. The first-order chi connectivity index (χ1) is 12.2. The zero-order valence-electron chi connectivity index (χ0n) is 14.6. The van der Waals surface area contributed by atoms with E-state index in [0.29, 0.717) is 19.6 Å². The van der Waals surface area contributed by atoms with Gasteiger partial charge in [-0.3, -0.25) is 14.5 Å². The van der Waals surface area contributed by atoms with Crippen LogP contribution >= 0.6 is 0 Å². The average Bonchev–Trinajstić information content (AvgIpc) is 2.68. The third kappa shape index (κ3) is 4.34. The molecule has 1 amide bonds. The minimum absolute atomic E-state index is 0.0710. The van der Waals surface area contributed by atoms with Crippen LogP contribution in [0.4, 0.5) is 0 Å². The number of carbonyl (C=O) groups is 2. The van der Waals surface area contributed by atoms with Gasteiger partial charge in [-0.05, 0) is 24.1 Å². The molecule has 1 saturated heterocycles. The molecule has 2 aromatic rings. The molecule has 0 aliphatic carbocycles. The number of hydrogen-bond donors (Lipinski definition) is 0. The van der Waals surface area contributed by atoms with Crippen molar-refractivity contribution in [1.29, 1.82) is 0 Å². The van der Waals surface area contributed by atoms with Crippen molar-refractivity contribution in [1.82, 2.24) is 9.80 Å². The zero-order chi connectivity index (χ0) is 17.6. The third-order valence-corrected chi connectivity index (χ3v) is 4.73. The highest BCUT2D eigenvalue weighted by Crippen LogP contribution is 2.11. The van der Waals surface area contributed by atoms with Crippen molar-refractivity contribution < 1.29 is 9.59 Å².